The second-order valence-corrected chi connectivity index (χ2v) is 4.43. The summed E-state index contributed by atoms with van der Waals surface area (Å²) in [6.45, 7) is 3.90. The second kappa shape index (κ2) is 3.37. The normalized spacial score (nSPS) is 16.4. The molecule has 0 fully saturated rings. The van der Waals surface area contributed by atoms with Crippen LogP contribution in [0.15, 0.2) is 12.1 Å². The Morgan fingerprint density at radius 2 is 2.19 bits per heavy atom. The molecule has 0 spiro atoms. The lowest BCUT2D eigenvalue weighted by Crippen LogP contribution is -2.24. The summed E-state index contributed by atoms with van der Waals surface area (Å²) in [6.07, 6.45) is 0.674. The molecule has 2 rings (SSSR count). The Hall–Kier alpha value is -1.78. The van der Waals surface area contributed by atoms with Gasteiger partial charge in [0.25, 0.3) is 0 Å². The highest BCUT2D eigenvalue weighted by molar-refractivity contribution is 5.56. The molecule has 5 nitrogen and oxygen atoms in total. The van der Waals surface area contributed by atoms with Crippen LogP contribution < -0.4 is 9.47 Å². The summed E-state index contributed by atoms with van der Waals surface area (Å²) in [5, 5.41) is 10.8. The van der Waals surface area contributed by atoms with Gasteiger partial charge in [-0.2, -0.15) is 0 Å². The van der Waals surface area contributed by atoms with Crippen LogP contribution in [0.25, 0.3) is 0 Å². The van der Waals surface area contributed by atoms with Crippen LogP contribution in [0.4, 0.5) is 5.69 Å². The first-order valence-electron chi connectivity index (χ1n) is 4.97. The Labute approximate surface area is 93.1 Å². The fourth-order valence-corrected chi connectivity index (χ4v) is 1.92. The van der Waals surface area contributed by atoms with Gasteiger partial charge in [-0.05, 0) is 13.8 Å². The van der Waals surface area contributed by atoms with Crippen molar-refractivity contribution in [2.24, 2.45) is 0 Å². The van der Waals surface area contributed by atoms with Crippen LogP contribution in [0.3, 0.4) is 0 Å². The molecule has 0 aromatic heterocycles. The molecule has 0 aliphatic carbocycles. The molecule has 1 aliphatic rings. The third-order valence-electron chi connectivity index (χ3n) is 2.56. The van der Waals surface area contributed by atoms with E-state index in [-0.39, 0.29) is 17.0 Å². The lowest BCUT2D eigenvalue weighted by molar-refractivity contribution is -0.385. The van der Waals surface area contributed by atoms with Gasteiger partial charge >= 0.3 is 5.69 Å². The van der Waals surface area contributed by atoms with Gasteiger partial charge in [0.2, 0.25) is 5.75 Å². The maximum Gasteiger partial charge on any atom is 0.311 e. The largest absolute Gasteiger partial charge is 0.490 e. The Morgan fingerprint density at radius 1 is 1.50 bits per heavy atom. The molecule has 0 radical (unpaired) electrons. The molecule has 16 heavy (non-hydrogen) atoms. The first-order chi connectivity index (χ1) is 7.43. The maximum atomic E-state index is 10.8. The van der Waals surface area contributed by atoms with Crippen LogP contribution in [0.2, 0.25) is 0 Å². The highest BCUT2D eigenvalue weighted by Gasteiger charge is 2.33. The number of benzene rings is 1. The number of hydrogen-bond donors (Lipinski definition) is 0. The molecule has 0 N–H and O–H groups in total. The summed E-state index contributed by atoms with van der Waals surface area (Å²) in [7, 11) is 1.41. The Bertz CT molecular complexity index is 454. The highest BCUT2D eigenvalue weighted by atomic mass is 16.6. The molecule has 0 unspecified atom stereocenters. The monoisotopic (exact) mass is 223 g/mol. The number of hydrogen-bond acceptors (Lipinski definition) is 4. The van der Waals surface area contributed by atoms with Crippen molar-refractivity contribution in [2.75, 3.05) is 7.11 Å². The smallest absolute Gasteiger partial charge is 0.311 e. The number of rotatable bonds is 2. The summed E-state index contributed by atoms with van der Waals surface area (Å²) in [5.41, 5.74) is 0.544. The fraction of sp³-hybridized carbons (Fsp3) is 0.455. The Balaban J connectivity index is 2.51. The Kier molecular flexibility index (Phi) is 2.26. The molecule has 0 saturated heterocycles. The standard InChI is InChI=1S/C11H13NO4/c1-11(2)6-7-4-8(12(13)14)10(15-3)5-9(7)16-11/h4-5H,6H2,1-3H3. The van der Waals surface area contributed by atoms with Crippen molar-refractivity contribution in [3.05, 3.63) is 27.8 Å². The van der Waals surface area contributed by atoms with E-state index in [1.165, 1.54) is 13.2 Å². The third-order valence-corrected chi connectivity index (χ3v) is 2.56. The van der Waals surface area contributed by atoms with E-state index in [0.717, 1.165) is 5.56 Å². The molecule has 5 heteroatoms. The van der Waals surface area contributed by atoms with Crippen LogP contribution >= 0.6 is 0 Å². The van der Waals surface area contributed by atoms with Crippen LogP contribution in [0.1, 0.15) is 19.4 Å². The number of methoxy groups -OCH3 is 1. The van der Waals surface area contributed by atoms with Crippen molar-refractivity contribution in [1.82, 2.24) is 0 Å². The lowest BCUT2D eigenvalue weighted by atomic mass is 10.0. The van der Waals surface area contributed by atoms with Crippen molar-refractivity contribution in [3.63, 3.8) is 0 Å². The minimum atomic E-state index is -0.440. The molecular formula is C11H13NO4. The zero-order chi connectivity index (χ0) is 11.9. The SMILES string of the molecule is COc1cc2c(cc1[N+](=O)[O-])CC(C)(C)O2. The average Bonchev–Trinajstić information content (AvgIpc) is 2.48. The van der Waals surface area contributed by atoms with E-state index in [4.69, 9.17) is 9.47 Å². The minimum absolute atomic E-state index is 0.0115. The van der Waals surface area contributed by atoms with Gasteiger partial charge < -0.3 is 9.47 Å². The fourth-order valence-electron chi connectivity index (χ4n) is 1.92. The molecule has 1 aromatic carbocycles. The van der Waals surface area contributed by atoms with E-state index in [1.807, 2.05) is 13.8 Å². The molecule has 1 aromatic rings. The molecule has 1 aliphatic heterocycles. The molecule has 0 bridgehead atoms. The number of nitrogens with zero attached hydrogens (tertiary/aromatic N) is 1. The lowest BCUT2D eigenvalue weighted by Gasteiger charge is -2.16. The van der Waals surface area contributed by atoms with Crippen LogP contribution in [0.5, 0.6) is 11.5 Å². The van der Waals surface area contributed by atoms with Crippen molar-refractivity contribution < 1.29 is 14.4 Å². The third kappa shape index (κ3) is 1.68. The Morgan fingerprint density at radius 3 is 2.75 bits per heavy atom. The van der Waals surface area contributed by atoms with Gasteiger partial charge in [0, 0.05) is 24.1 Å². The zero-order valence-corrected chi connectivity index (χ0v) is 9.44. The number of nitro groups is 1. The average molecular weight is 223 g/mol. The number of fused-ring (bicyclic) bond motifs is 1. The number of nitro benzene ring substituents is 1. The predicted molar refractivity (Wildman–Crippen MR) is 58.1 cm³/mol. The van der Waals surface area contributed by atoms with Gasteiger partial charge in [-0.1, -0.05) is 0 Å². The topological polar surface area (TPSA) is 61.6 Å². The maximum absolute atomic E-state index is 10.8. The summed E-state index contributed by atoms with van der Waals surface area (Å²) in [4.78, 5) is 10.4. The van der Waals surface area contributed by atoms with E-state index in [1.54, 1.807) is 6.07 Å². The van der Waals surface area contributed by atoms with Crippen molar-refractivity contribution >= 4 is 5.69 Å². The van der Waals surface area contributed by atoms with Crippen LogP contribution in [0, 0.1) is 10.1 Å². The molecule has 0 amide bonds. The van der Waals surface area contributed by atoms with E-state index < -0.39 is 4.92 Å². The summed E-state index contributed by atoms with van der Waals surface area (Å²) in [6, 6.07) is 3.12. The predicted octanol–water partition coefficient (Wildman–Crippen LogP) is 2.32. The van der Waals surface area contributed by atoms with Crippen LogP contribution in [-0.2, 0) is 6.42 Å². The van der Waals surface area contributed by atoms with Gasteiger partial charge in [-0.25, -0.2) is 0 Å². The van der Waals surface area contributed by atoms with Crippen LogP contribution in [-0.4, -0.2) is 17.6 Å². The number of ether oxygens (including phenoxy) is 2. The van der Waals surface area contributed by atoms with E-state index in [2.05, 4.69) is 0 Å². The molecule has 1 heterocycles. The molecule has 0 atom stereocenters. The van der Waals surface area contributed by atoms with Gasteiger partial charge in [0.15, 0.2) is 0 Å². The van der Waals surface area contributed by atoms with Crippen molar-refractivity contribution in [2.45, 2.75) is 25.9 Å². The van der Waals surface area contributed by atoms with Gasteiger partial charge in [-0.15, -0.1) is 0 Å². The summed E-state index contributed by atoms with van der Waals surface area (Å²) >= 11 is 0. The van der Waals surface area contributed by atoms with E-state index in [0.29, 0.717) is 12.2 Å². The summed E-state index contributed by atoms with van der Waals surface area (Å²) in [5.74, 6) is 0.911. The minimum Gasteiger partial charge on any atom is -0.490 e. The molecule has 0 saturated carbocycles. The van der Waals surface area contributed by atoms with Crippen molar-refractivity contribution in [3.8, 4) is 11.5 Å². The highest BCUT2D eigenvalue weighted by Crippen LogP contribution is 2.41. The van der Waals surface area contributed by atoms with Crippen molar-refractivity contribution in [1.29, 1.82) is 0 Å². The molecular weight excluding hydrogens is 210 g/mol. The second-order valence-electron chi connectivity index (χ2n) is 4.43. The zero-order valence-electron chi connectivity index (χ0n) is 9.44. The van der Waals surface area contributed by atoms with Gasteiger partial charge in [0.05, 0.1) is 12.0 Å². The molecule has 86 valence electrons. The quantitative estimate of drug-likeness (QED) is 0.570. The first kappa shape index (κ1) is 10.7. The first-order valence-corrected chi connectivity index (χ1v) is 4.97. The van der Waals surface area contributed by atoms with Gasteiger partial charge in [0.1, 0.15) is 11.4 Å². The van der Waals surface area contributed by atoms with E-state index in [9.17, 15) is 10.1 Å². The van der Waals surface area contributed by atoms with E-state index >= 15 is 0 Å². The van der Waals surface area contributed by atoms with Gasteiger partial charge in [-0.3, -0.25) is 10.1 Å². The summed E-state index contributed by atoms with van der Waals surface area (Å²) < 4.78 is 10.6.